The Balaban J connectivity index is 2.45. The van der Waals surface area contributed by atoms with Crippen molar-refractivity contribution in [3.05, 3.63) is 54.3 Å². The molecule has 2 N–H and O–H groups in total. The predicted octanol–water partition coefficient (Wildman–Crippen LogP) is 2.23. The van der Waals surface area contributed by atoms with Crippen molar-refractivity contribution in [1.29, 1.82) is 0 Å². The third-order valence-electron chi connectivity index (χ3n) is 2.75. The van der Waals surface area contributed by atoms with Gasteiger partial charge in [0.1, 0.15) is 5.82 Å². The molecule has 0 amide bonds. The number of anilines is 2. The number of nitrogen functional groups attached to an aromatic ring is 1. The number of rotatable bonds is 3. The molecule has 0 aliphatic carbocycles. The molecule has 2 aromatic carbocycles. The lowest BCUT2D eigenvalue weighted by atomic mass is 10.3. The van der Waals surface area contributed by atoms with Crippen molar-refractivity contribution in [1.82, 2.24) is 0 Å². The zero-order valence-electron chi connectivity index (χ0n) is 10.2. The second-order valence-electron chi connectivity index (χ2n) is 3.99. The van der Waals surface area contributed by atoms with Gasteiger partial charge in [-0.25, -0.2) is 12.8 Å². The van der Waals surface area contributed by atoms with Crippen LogP contribution in [0.25, 0.3) is 0 Å². The van der Waals surface area contributed by atoms with E-state index in [-0.39, 0.29) is 10.6 Å². The first-order valence-electron chi connectivity index (χ1n) is 5.52. The summed E-state index contributed by atoms with van der Waals surface area (Å²) in [5, 5.41) is 0. The molecule has 6 heteroatoms. The Bertz CT molecular complexity index is 687. The topological polar surface area (TPSA) is 63.4 Å². The maximum absolute atomic E-state index is 13.1. The Hall–Kier alpha value is -2.08. The fourth-order valence-electron chi connectivity index (χ4n) is 1.62. The van der Waals surface area contributed by atoms with Crippen molar-refractivity contribution >= 4 is 21.4 Å². The lowest BCUT2D eigenvalue weighted by molar-refractivity contribution is 0.593. The molecule has 0 saturated heterocycles. The van der Waals surface area contributed by atoms with Crippen molar-refractivity contribution in [3.63, 3.8) is 0 Å². The standard InChI is InChI=1S/C13H13FN2O2S/c1-16(10-5-3-2-4-6-10)19(17,18)11-7-8-12(14)13(15)9-11/h2-9H,15H2,1H3. The Labute approximate surface area is 111 Å². The van der Waals surface area contributed by atoms with Crippen LogP contribution in [-0.2, 0) is 10.0 Å². The van der Waals surface area contributed by atoms with E-state index >= 15 is 0 Å². The van der Waals surface area contributed by atoms with E-state index in [1.807, 2.05) is 0 Å². The van der Waals surface area contributed by atoms with Gasteiger partial charge in [0.05, 0.1) is 16.3 Å². The second kappa shape index (κ2) is 4.89. The van der Waals surface area contributed by atoms with Crippen molar-refractivity contribution in [2.24, 2.45) is 0 Å². The van der Waals surface area contributed by atoms with E-state index < -0.39 is 15.8 Å². The van der Waals surface area contributed by atoms with E-state index in [1.54, 1.807) is 30.3 Å². The summed E-state index contributed by atoms with van der Waals surface area (Å²) >= 11 is 0. The fourth-order valence-corrected chi connectivity index (χ4v) is 2.85. The van der Waals surface area contributed by atoms with Crippen LogP contribution in [0.15, 0.2) is 53.4 Å². The van der Waals surface area contributed by atoms with Crippen molar-refractivity contribution in [2.75, 3.05) is 17.1 Å². The van der Waals surface area contributed by atoms with Crippen LogP contribution in [0.3, 0.4) is 0 Å². The molecule has 0 unspecified atom stereocenters. The summed E-state index contributed by atoms with van der Waals surface area (Å²) in [6.07, 6.45) is 0. The van der Waals surface area contributed by atoms with Gasteiger partial charge in [-0.3, -0.25) is 4.31 Å². The zero-order valence-corrected chi connectivity index (χ0v) is 11.1. The van der Waals surface area contributed by atoms with Gasteiger partial charge >= 0.3 is 0 Å². The third-order valence-corrected chi connectivity index (χ3v) is 4.53. The Morgan fingerprint density at radius 1 is 1.11 bits per heavy atom. The monoisotopic (exact) mass is 280 g/mol. The molecule has 0 aromatic heterocycles. The van der Waals surface area contributed by atoms with Gasteiger partial charge in [-0.05, 0) is 30.3 Å². The summed E-state index contributed by atoms with van der Waals surface area (Å²) in [6.45, 7) is 0. The Morgan fingerprint density at radius 2 is 1.74 bits per heavy atom. The molecule has 0 aliphatic heterocycles. The number of nitrogens with zero attached hydrogens (tertiary/aromatic N) is 1. The van der Waals surface area contributed by atoms with E-state index in [2.05, 4.69) is 0 Å². The number of para-hydroxylation sites is 1. The van der Waals surface area contributed by atoms with Crippen LogP contribution in [-0.4, -0.2) is 15.5 Å². The highest BCUT2D eigenvalue weighted by Crippen LogP contribution is 2.23. The van der Waals surface area contributed by atoms with Gasteiger partial charge in [-0.1, -0.05) is 18.2 Å². The number of hydrogen-bond donors (Lipinski definition) is 1. The number of hydrogen-bond acceptors (Lipinski definition) is 3. The molecule has 2 aromatic rings. The second-order valence-corrected chi connectivity index (χ2v) is 5.96. The predicted molar refractivity (Wildman–Crippen MR) is 72.8 cm³/mol. The maximum atomic E-state index is 13.1. The van der Waals surface area contributed by atoms with Crippen LogP contribution in [0.4, 0.5) is 15.8 Å². The van der Waals surface area contributed by atoms with E-state index in [0.717, 1.165) is 16.4 Å². The van der Waals surface area contributed by atoms with E-state index in [4.69, 9.17) is 5.73 Å². The molecule has 0 fully saturated rings. The summed E-state index contributed by atoms with van der Waals surface area (Å²) in [4.78, 5) is -0.0437. The van der Waals surface area contributed by atoms with Crippen molar-refractivity contribution in [2.45, 2.75) is 4.90 Å². The average molecular weight is 280 g/mol. The van der Waals surface area contributed by atoms with Crippen molar-refractivity contribution < 1.29 is 12.8 Å². The lowest BCUT2D eigenvalue weighted by Crippen LogP contribution is -2.26. The largest absolute Gasteiger partial charge is 0.396 e. The van der Waals surface area contributed by atoms with Gasteiger partial charge in [0, 0.05) is 7.05 Å². The molecule has 4 nitrogen and oxygen atoms in total. The number of nitrogens with two attached hydrogens (primary N) is 1. The Kier molecular flexibility index (Phi) is 3.44. The molecule has 0 heterocycles. The van der Waals surface area contributed by atoms with Crippen LogP contribution < -0.4 is 10.0 Å². The van der Waals surface area contributed by atoms with Gasteiger partial charge < -0.3 is 5.73 Å². The molecule has 19 heavy (non-hydrogen) atoms. The average Bonchev–Trinajstić information content (AvgIpc) is 2.41. The van der Waals surface area contributed by atoms with Gasteiger partial charge in [0.25, 0.3) is 10.0 Å². The van der Waals surface area contributed by atoms with Gasteiger partial charge in [0.2, 0.25) is 0 Å². The molecule has 0 saturated carbocycles. The first-order valence-corrected chi connectivity index (χ1v) is 6.96. The highest BCUT2D eigenvalue weighted by atomic mass is 32.2. The van der Waals surface area contributed by atoms with Gasteiger partial charge in [-0.15, -0.1) is 0 Å². The van der Waals surface area contributed by atoms with Crippen LogP contribution in [0.1, 0.15) is 0 Å². The third kappa shape index (κ3) is 2.53. The highest BCUT2D eigenvalue weighted by molar-refractivity contribution is 7.92. The zero-order chi connectivity index (χ0) is 14.0. The first-order chi connectivity index (χ1) is 8.93. The highest BCUT2D eigenvalue weighted by Gasteiger charge is 2.21. The summed E-state index contributed by atoms with van der Waals surface area (Å²) < 4.78 is 38.9. The van der Waals surface area contributed by atoms with Crippen LogP contribution >= 0.6 is 0 Å². The van der Waals surface area contributed by atoms with E-state index in [1.165, 1.54) is 13.1 Å². The van der Waals surface area contributed by atoms with E-state index in [0.29, 0.717) is 5.69 Å². The molecular formula is C13H13FN2O2S. The Morgan fingerprint density at radius 3 is 2.32 bits per heavy atom. The number of benzene rings is 2. The van der Waals surface area contributed by atoms with Crippen LogP contribution in [0.2, 0.25) is 0 Å². The molecule has 2 rings (SSSR count). The summed E-state index contributed by atoms with van der Waals surface area (Å²) in [5.41, 5.74) is 5.72. The molecule has 0 radical (unpaired) electrons. The van der Waals surface area contributed by atoms with Crippen LogP contribution in [0, 0.1) is 5.82 Å². The molecule has 0 aliphatic rings. The minimum absolute atomic E-state index is 0.0437. The van der Waals surface area contributed by atoms with Gasteiger partial charge in [-0.2, -0.15) is 0 Å². The number of sulfonamides is 1. The molecule has 0 atom stereocenters. The normalized spacial score (nSPS) is 11.3. The molecule has 0 bridgehead atoms. The minimum atomic E-state index is -3.74. The smallest absolute Gasteiger partial charge is 0.264 e. The number of halogens is 1. The first kappa shape index (κ1) is 13.4. The van der Waals surface area contributed by atoms with Gasteiger partial charge in [0.15, 0.2) is 0 Å². The molecular weight excluding hydrogens is 267 g/mol. The summed E-state index contributed by atoms with van der Waals surface area (Å²) in [5.74, 6) is -0.638. The SMILES string of the molecule is CN(c1ccccc1)S(=O)(=O)c1ccc(F)c(N)c1. The minimum Gasteiger partial charge on any atom is -0.396 e. The lowest BCUT2D eigenvalue weighted by Gasteiger charge is -2.19. The molecule has 100 valence electrons. The fraction of sp³-hybridized carbons (Fsp3) is 0.0769. The van der Waals surface area contributed by atoms with E-state index in [9.17, 15) is 12.8 Å². The van der Waals surface area contributed by atoms with Crippen LogP contribution in [0.5, 0.6) is 0 Å². The quantitative estimate of drug-likeness (QED) is 0.877. The molecule has 0 spiro atoms. The van der Waals surface area contributed by atoms with Crippen molar-refractivity contribution in [3.8, 4) is 0 Å². The summed E-state index contributed by atoms with van der Waals surface area (Å²) in [6, 6.07) is 12.0. The summed E-state index contributed by atoms with van der Waals surface area (Å²) in [7, 11) is -2.31. The maximum Gasteiger partial charge on any atom is 0.264 e.